The summed E-state index contributed by atoms with van der Waals surface area (Å²) >= 11 is 6.16. The van der Waals surface area contributed by atoms with Crippen LogP contribution in [0.1, 0.15) is 74.6 Å². The van der Waals surface area contributed by atoms with Gasteiger partial charge in [0.25, 0.3) is 5.91 Å². The van der Waals surface area contributed by atoms with Crippen LogP contribution < -0.4 is 5.32 Å². The van der Waals surface area contributed by atoms with Crippen molar-refractivity contribution in [2.45, 2.75) is 88.4 Å². The van der Waals surface area contributed by atoms with E-state index >= 15 is 0 Å². The largest absolute Gasteiger partial charge is 0.350 e. The molecule has 168 valence electrons. The summed E-state index contributed by atoms with van der Waals surface area (Å²) in [5.74, 6) is 0.435. The first-order valence-electron chi connectivity index (χ1n) is 12.2. The van der Waals surface area contributed by atoms with Crippen molar-refractivity contribution >= 4 is 23.4 Å². The van der Waals surface area contributed by atoms with Crippen LogP contribution in [0, 0.1) is 5.92 Å². The van der Waals surface area contributed by atoms with E-state index in [0.29, 0.717) is 22.5 Å². The molecule has 0 spiro atoms. The summed E-state index contributed by atoms with van der Waals surface area (Å²) in [7, 11) is 0. The lowest BCUT2D eigenvalue weighted by Crippen LogP contribution is -2.52. The van der Waals surface area contributed by atoms with E-state index in [9.17, 15) is 9.59 Å². The number of fused-ring (bicyclic) bond motifs is 1. The Labute approximate surface area is 190 Å². The lowest BCUT2D eigenvalue weighted by Gasteiger charge is -2.34. The molecule has 6 heteroatoms. The number of nitrogens with one attached hydrogen (secondary N) is 1. The Morgan fingerprint density at radius 3 is 2.58 bits per heavy atom. The molecule has 2 aliphatic heterocycles. The summed E-state index contributed by atoms with van der Waals surface area (Å²) in [5.41, 5.74) is 0.588. The Morgan fingerprint density at radius 2 is 1.77 bits per heavy atom. The smallest absolute Gasteiger partial charge is 0.254 e. The number of halogens is 1. The van der Waals surface area contributed by atoms with Crippen LogP contribution in [0.2, 0.25) is 5.02 Å². The monoisotopic (exact) mass is 443 g/mol. The minimum absolute atomic E-state index is 0.0445. The zero-order chi connectivity index (χ0) is 21.4. The highest BCUT2D eigenvalue weighted by Crippen LogP contribution is 2.41. The van der Waals surface area contributed by atoms with Crippen molar-refractivity contribution in [3.8, 4) is 0 Å². The average molecular weight is 444 g/mol. The predicted molar refractivity (Wildman–Crippen MR) is 122 cm³/mol. The highest BCUT2D eigenvalue weighted by Gasteiger charge is 2.48. The summed E-state index contributed by atoms with van der Waals surface area (Å²) < 4.78 is 0. The maximum Gasteiger partial charge on any atom is 0.254 e. The molecule has 2 aliphatic carbocycles. The fraction of sp³-hybridized carbons (Fsp3) is 0.680. The fourth-order valence-corrected chi connectivity index (χ4v) is 6.75. The number of hydrogen-bond donors (Lipinski definition) is 1. The van der Waals surface area contributed by atoms with Gasteiger partial charge in [-0.2, -0.15) is 0 Å². The Kier molecular flexibility index (Phi) is 6.25. The van der Waals surface area contributed by atoms with Crippen molar-refractivity contribution < 1.29 is 9.59 Å². The summed E-state index contributed by atoms with van der Waals surface area (Å²) in [4.78, 5) is 31.4. The van der Waals surface area contributed by atoms with Crippen molar-refractivity contribution in [2.75, 3.05) is 13.1 Å². The molecule has 0 radical (unpaired) electrons. The topological polar surface area (TPSA) is 52.7 Å². The molecule has 2 saturated heterocycles. The van der Waals surface area contributed by atoms with Crippen molar-refractivity contribution in [3.05, 3.63) is 34.9 Å². The Hall–Kier alpha value is -1.59. The second kappa shape index (κ2) is 9.11. The molecule has 0 bridgehead atoms. The van der Waals surface area contributed by atoms with Gasteiger partial charge in [0.15, 0.2) is 0 Å². The quantitative estimate of drug-likeness (QED) is 0.756. The van der Waals surface area contributed by atoms with Crippen molar-refractivity contribution in [1.82, 2.24) is 15.1 Å². The molecule has 5 nitrogen and oxygen atoms in total. The second-order valence-electron chi connectivity index (χ2n) is 10.0. The highest BCUT2D eigenvalue weighted by molar-refractivity contribution is 6.31. The van der Waals surface area contributed by atoms with E-state index in [0.717, 1.165) is 45.2 Å². The summed E-state index contributed by atoms with van der Waals surface area (Å²) in [6.45, 7) is 2.04. The van der Waals surface area contributed by atoms with Crippen LogP contribution in [0.3, 0.4) is 0 Å². The lowest BCUT2D eigenvalue weighted by molar-refractivity contribution is -0.125. The van der Waals surface area contributed by atoms with Gasteiger partial charge in [-0.15, -0.1) is 0 Å². The number of hydrogen-bond acceptors (Lipinski definition) is 3. The van der Waals surface area contributed by atoms with Gasteiger partial charge in [0.05, 0.1) is 0 Å². The second-order valence-corrected chi connectivity index (χ2v) is 10.4. The van der Waals surface area contributed by atoms with Crippen LogP contribution in [0.4, 0.5) is 0 Å². The summed E-state index contributed by atoms with van der Waals surface area (Å²) in [6, 6.07) is 7.87. The summed E-state index contributed by atoms with van der Waals surface area (Å²) in [6.07, 6.45) is 11.5. The molecule has 2 amide bonds. The molecule has 4 fully saturated rings. The third-order valence-electron chi connectivity index (χ3n) is 8.10. The number of amides is 2. The molecule has 4 unspecified atom stereocenters. The van der Waals surface area contributed by atoms with E-state index in [2.05, 4.69) is 10.2 Å². The maximum atomic E-state index is 13.5. The average Bonchev–Trinajstić information content (AvgIpc) is 3.52. The van der Waals surface area contributed by atoms with Crippen LogP contribution >= 0.6 is 11.6 Å². The highest BCUT2D eigenvalue weighted by atomic mass is 35.5. The number of likely N-dealkylation sites (tertiary alicyclic amines) is 2. The maximum absolute atomic E-state index is 13.5. The van der Waals surface area contributed by atoms with Gasteiger partial charge in [-0.25, -0.2) is 0 Å². The number of carbonyl (C=O) groups is 2. The Balaban J connectivity index is 1.30. The molecule has 5 rings (SSSR count). The standard InChI is InChI=1S/C25H34ClN3O2/c26-19-8-5-7-18(14-19)25(31)29-22-11-4-1-6-17(22)15-23(29)24(30)27-20-12-13-28(16-20)21-9-2-3-10-21/h5,7-8,14,17,20-23H,1-4,6,9-13,15-16H2,(H,27,30). The minimum Gasteiger partial charge on any atom is -0.350 e. The number of rotatable bonds is 4. The molecular weight excluding hydrogens is 410 g/mol. The third kappa shape index (κ3) is 4.36. The molecule has 2 heterocycles. The predicted octanol–water partition coefficient (Wildman–Crippen LogP) is 4.25. The number of nitrogens with zero attached hydrogens (tertiary/aromatic N) is 2. The van der Waals surface area contributed by atoms with E-state index in [1.165, 1.54) is 32.1 Å². The van der Waals surface area contributed by atoms with E-state index in [1.807, 2.05) is 17.0 Å². The molecule has 31 heavy (non-hydrogen) atoms. The third-order valence-corrected chi connectivity index (χ3v) is 8.34. The van der Waals surface area contributed by atoms with Crippen LogP contribution in [0.15, 0.2) is 24.3 Å². The van der Waals surface area contributed by atoms with Gasteiger partial charge in [0.1, 0.15) is 6.04 Å². The molecule has 0 aromatic heterocycles. The first kappa shape index (κ1) is 21.3. The number of benzene rings is 1. The van der Waals surface area contributed by atoms with Crippen molar-refractivity contribution in [1.29, 1.82) is 0 Å². The van der Waals surface area contributed by atoms with E-state index in [-0.39, 0.29) is 29.9 Å². The SMILES string of the molecule is O=C(NC1CCN(C2CCCC2)C1)C1CC2CCCCC2N1C(=O)c1cccc(Cl)c1. The first-order valence-corrected chi connectivity index (χ1v) is 12.6. The normalized spacial score (nSPS) is 31.7. The zero-order valence-corrected chi connectivity index (χ0v) is 19.0. The zero-order valence-electron chi connectivity index (χ0n) is 18.3. The summed E-state index contributed by atoms with van der Waals surface area (Å²) in [5, 5.41) is 3.89. The molecule has 2 saturated carbocycles. The van der Waals surface area contributed by atoms with E-state index < -0.39 is 0 Å². The molecule has 4 aliphatic rings. The van der Waals surface area contributed by atoms with E-state index in [4.69, 9.17) is 11.6 Å². The van der Waals surface area contributed by atoms with Gasteiger partial charge in [-0.3, -0.25) is 14.5 Å². The fourth-order valence-electron chi connectivity index (χ4n) is 6.56. The first-order chi connectivity index (χ1) is 15.1. The van der Waals surface area contributed by atoms with Crippen molar-refractivity contribution in [3.63, 3.8) is 0 Å². The van der Waals surface area contributed by atoms with Gasteiger partial charge < -0.3 is 10.2 Å². The van der Waals surface area contributed by atoms with Crippen molar-refractivity contribution in [2.24, 2.45) is 5.92 Å². The van der Waals surface area contributed by atoms with Gasteiger partial charge in [0.2, 0.25) is 5.91 Å². The van der Waals surface area contributed by atoms with Crippen LogP contribution in [0.25, 0.3) is 0 Å². The Morgan fingerprint density at radius 1 is 1.00 bits per heavy atom. The van der Waals surface area contributed by atoms with Gasteiger partial charge >= 0.3 is 0 Å². The van der Waals surface area contributed by atoms with Crippen LogP contribution in [0.5, 0.6) is 0 Å². The Bertz CT molecular complexity index is 825. The van der Waals surface area contributed by atoms with Crippen LogP contribution in [-0.4, -0.2) is 58.9 Å². The van der Waals surface area contributed by atoms with Gasteiger partial charge in [0, 0.05) is 41.8 Å². The molecular formula is C25H34ClN3O2. The molecule has 1 aromatic carbocycles. The van der Waals surface area contributed by atoms with E-state index in [1.54, 1.807) is 12.1 Å². The van der Waals surface area contributed by atoms with Gasteiger partial charge in [-0.05, 0) is 62.6 Å². The van der Waals surface area contributed by atoms with Gasteiger partial charge in [-0.1, -0.05) is 43.4 Å². The molecule has 1 N–H and O–H groups in total. The minimum atomic E-state index is -0.361. The molecule has 4 atom stereocenters. The number of carbonyl (C=O) groups excluding carboxylic acids is 2. The lowest BCUT2D eigenvalue weighted by atomic mass is 9.84. The molecule has 1 aromatic rings. The van der Waals surface area contributed by atoms with Crippen LogP contribution in [-0.2, 0) is 4.79 Å².